The normalized spacial score (nSPS) is 26.3. The van der Waals surface area contributed by atoms with E-state index in [-0.39, 0.29) is 17.6 Å². The van der Waals surface area contributed by atoms with Crippen LogP contribution < -0.4 is 0 Å². The fourth-order valence-electron chi connectivity index (χ4n) is 3.21. The summed E-state index contributed by atoms with van der Waals surface area (Å²) in [5.74, 6) is -0.914. The molecule has 1 aromatic rings. The van der Waals surface area contributed by atoms with Crippen LogP contribution in [-0.4, -0.2) is 41.1 Å². The molecule has 6 heteroatoms. The first-order valence-corrected chi connectivity index (χ1v) is 9.06. The second kappa shape index (κ2) is 7.52. The summed E-state index contributed by atoms with van der Waals surface area (Å²) in [5.41, 5.74) is -0.358. The molecule has 1 heterocycles. The van der Waals surface area contributed by atoms with Crippen LogP contribution in [0, 0.1) is 6.92 Å². The van der Waals surface area contributed by atoms with E-state index in [1.165, 1.54) is 0 Å². The first-order chi connectivity index (χ1) is 12.5. The zero-order valence-corrected chi connectivity index (χ0v) is 17.1. The fraction of sp³-hybridized carbons (Fsp3) is 0.571. The van der Waals surface area contributed by atoms with Crippen LogP contribution in [0.4, 0.5) is 0 Å². The highest BCUT2D eigenvalue weighted by Gasteiger charge is 2.54. The van der Waals surface area contributed by atoms with Crippen molar-refractivity contribution in [2.45, 2.75) is 71.4 Å². The number of ether oxygens (including phenoxy) is 3. The predicted octanol–water partition coefficient (Wildman–Crippen LogP) is 3.71. The van der Waals surface area contributed by atoms with E-state index in [2.05, 4.69) is 0 Å². The largest absolute Gasteiger partial charge is 0.504 e. The highest BCUT2D eigenvalue weighted by atomic mass is 16.6. The molecule has 150 valence electrons. The molecular formula is C21H30O6. The van der Waals surface area contributed by atoms with Gasteiger partial charge in [0, 0.05) is 24.7 Å². The van der Waals surface area contributed by atoms with Gasteiger partial charge in [-0.1, -0.05) is 18.2 Å². The first-order valence-electron chi connectivity index (χ1n) is 9.06. The second-order valence-electron chi connectivity index (χ2n) is 7.75. The van der Waals surface area contributed by atoms with Crippen molar-refractivity contribution in [3.63, 3.8) is 0 Å². The number of phenols is 2. The summed E-state index contributed by atoms with van der Waals surface area (Å²) in [4.78, 5) is 12.4. The molecule has 1 aliphatic rings. The van der Waals surface area contributed by atoms with E-state index in [0.717, 1.165) is 0 Å². The molecule has 1 aliphatic heterocycles. The summed E-state index contributed by atoms with van der Waals surface area (Å²) >= 11 is 0. The molecule has 0 aromatic heterocycles. The fourth-order valence-corrected chi connectivity index (χ4v) is 3.21. The van der Waals surface area contributed by atoms with Crippen molar-refractivity contribution in [3.05, 3.63) is 34.9 Å². The van der Waals surface area contributed by atoms with Gasteiger partial charge in [0.15, 0.2) is 11.5 Å². The molecule has 6 nitrogen and oxygen atoms in total. The summed E-state index contributed by atoms with van der Waals surface area (Å²) in [7, 11) is 1.60. The van der Waals surface area contributed by atoms with Crippen molar-refractivity contribution in [3.8, 4) is 11.5 Å². The zero-order chi connectivity index (χ0) is 20.6. The van der Waals surface area contributed by atoms with E-state index >= 15 is 0 Å². The minimum absolute atomic E-state index is 0.207. The standard InChI is InChI=1S/C21H30O6/c1-8-12(2)19(24)26-16-11-15(20(4,5)25-7)27-21(16,6)14-10-9-13(3)17(22)18(14)23/h8-10,15-16,22-23H,11H2,1-7H3/b12-8-/t15-,16-,21+/m1/s1. The lowest BCUT2D eigenvalue weighted by Crippen LogP contribution is -2.40. The molecule has 3 atom stereocenters. The van der Waals surface area contributed by atoms with Gasteiger partial charge in [-0.2, -0.15) is 0 Å². The maximum Gasteiger partial charge on any atom is 0.333 e. The second-order valence-corrected chi connectivity index (χ2v) is 7.75. The number of aryl methyl sites for hydroxylation is 1. The molecular weight excluding hydrogens is 348 g/mol. The molecule has 0 amide bonds. The summed E-state index contributed by atoms with van der Waals surface area (Å²) in [6.45, 7) is 10.7. The van der Waals surface area contributed by atoms with E-state index in [1.807, 2.05) is 13.8 Å². The molecule has 0 aliphatic carbocycles. The zero-order valence-electron chi connectivity index (χ0n) is 17.1. The highest BCUT2D eigenvalue weighted by Crippen LogP contribution is 2.49. The highest BCUT2D eigenvalue weighted by molar-refractivity contribution is 5.87. The quantitative estimate of drug-likeness (QED) is 0.461. The number of methoxy groups -OCH3 is 1. The van der Waals surface area contributed by atoms with Gasteiger partial charge in [0.2, 0.25) is 0 Å². The monoisotopic (exact) mass is 378 g/mol. The van der Waals surface area contributed by atoms with Crippen LogP contribution in [0.1, 0.15) is 52.2 Å². The minimum Gasteiger partial charge on any atom is -0.504 e. The molecule has 0 bridgehead atoms. The molecule has 1 aromatic carbocycles. The van der Waals surface area contributed by atoms with Crippen molar-refractivity contribution in [2.75, 3.05) is 7.11 Å². The molecule has 2 rings (SSSR count). The van der Waals surface area contributed by atoms with Gasteiger partial charge in [0.1, 0.15) is 11.7 Å². The van der Waals surface area contributed by atoms with Crippen LogP contribution in [0.2, 0.25) is 0 Å². The van der Waals surface area contributed by atoms with Crippen molar-refractivity contribution in [2.24, 2.45) is 0 Å². The van der Waals surface area contributed by atoms with Gasteiger partial charge >= 0.3 is 5.97 Å². The number of carbonyl (C=O) groups excluding carboxylic acids is 1. The third-order valence-electron chi connectivity index (χ3n) is 5.62. The molecule has 0 spiro atoms. The average molecular weight is 378 g/mol. The Balaban J connectivity index is 2.51. The Morgan fingerprint density at radius 3 is 2.52 bits per heavy atom. The van der Waals surface area contributed by atoms with Crippen LogP contribution in [0.3, 0.4) is 0 Å². The van der Waals surface area contributed by atoms with Gasteiger partial charge in [-0.05, 0) is 47.1 Å². The van der Waals surface area contributed by atoms with Crippen LogP contribution >= 0.6 is 0 Å². The molecule has 0 unspecified atom stereocenters. The first kappa shape index (κ1) is 21.3. The lowest BCUT2D eigenvalue weighted by molar-refractivity contribution is -0.163. The third kappa shape index (κ3) is 3.82. The molecule has 0 saturated carbocycles. The van der Waals surface area contributed by atoms with E-state index in [1.54, 1.807) is 53.0 Å². The van der Waals surface area contributed by atoms with Gasteiger partial charge in [0.05, 0.1) is 11.7 Å². The van der Waals surface area contributed by atoms with Gasteiger partial charge in [-0.25, -0.2) is 4.79 Å². The van der Waals surface area contributed by atoms with Crippen LogP contribution in [0.5, 0.6) is 11.5 Å². The van der Waals surface area contributed by atoms with Crippen molar-refractivity contribution >= 4 is 5.97 Å². The third-order valence-corrected chi connectivity index (χ3v) is 5.62. The topological polar surface area (TPSA) is 85.2 Å². The van der Waals surface area contributed by atoms with Crippen molar-refractivity contribution < 1.29 is 29.2 Å². The molecule has 27 heavy (non-hydrogen) atoms. The van der Waals surface area contributed by atoms with E-state index in [4.69, 9.17) is 14.2 Å². The van der Waals surface area contributed by atoms with E-state index in [0.29, 0.717) is 23.1 Å². The molecule has 1 saturated heterocycles. The number of hydrogen-bond acceptors (Lipinski definition) is 6. The number of hydrogen-bond donors (Lipinski definition) is 2. The number of aromatic hydroxyl groups is 2. The molecule has 1 fully saturated rings. The lowest BCUT2D eigenvalue weighted by Gasteiger charge is -2.34. The Morgan fingerprint density at radius 1 is 1.33 bits per heavy atom. The van der Waals surface area contributed by atoms with Crippen LogP contribution in [0.15, 0.2) is 23.8 Å². The number of carbonyl (C=O) groups is 1. The van der Waals surface area contributed by atoms with Gasteiger partial charge in [0.25, 0.3) is 0 Å². The van der Waals surface area contributed by atoms with Crippen LogP contribution in [-0.2, 0) is 24.6 Å². The Morgan fingerprint density at radius 2 is 1.96 bits per heavy atom. The summed E-state index contributed by atoms with van der Waals surface area (Å²) in [6.07, 6.45) is 1.04. The van der Waals surface area contributed by atoms with Crippen LogP contribution in [0.25, 0.3) is 0 Å². The number of phenolic OH excluding ortho intramolecular Hbond substituents is 2. The summed E-state index contributed by atoms with van der Waals surface area (Å²) in [5, 5.41) is 20.7. The maximum absolute atomic E-state index is 12.4. The van der Waals surface area contributed by atoms with Gasteiger partial charge < -0.3 is 24.4 Å². The Kier molecular flexibility index (Phi) is 5.92. The van der Waals surface area contributed by atoms with E-state index in [9.17, 15) is 15.0 Å². The SMILES string of the molecule is C/C=C(/C)C(=O)O[C@@H]1C[C@H](C(C)(C)OC)O[C@@]1(C)c1ccc(C)c(O)c1O. The van der Waals surface area contributed by atoms with Gasteiger partial charge in [-0.15, -0.1) is 0 Å². The lowest BCUT2D eigenvalue weighted by atomic mass is 9.87. The average Bonchev–Trinajstić information content (AvgIpc) is 2.97. The van der Waals surface area contributed by atoms with Crippen molar-refractivity contribution in [1.82, 2.24) is 0 Å². The Labute approximate surface area is 160 Å². The predicted molar refractivity (Wildman–Crippen MR) is 102 cm³/mol. The number of rotatable bonds is 5. The Bertz CT molecular complexity index is 751. The summed E-state index contributed by atoms with van der Waals surface area (Å²) < 4.78 is 17.6. The smallest absolute Gasteiger partial charge is 0.333 e. The molecule has 2 N–H and O–H groups in total. The summed E-state index contributed by atoms with van der Waals surface area (Å²) in [6, 6.07) is 3.39. The van der Waals surface area contributed by atoms with Gasteiger partial charge in [-0.3, -0.25) is 0 Å². The minimum atomic E-state index is -1.14. The van der Waals surface area contributed by atoms with E-state index < -0.39 is 23.3 Å². The maximum atomic E-state index is 12.4. The number of esters is 1. The molecule has 0 radical (unpaired) electrons. The number of allylic oxidation sites excluding steroid dienone is 1. The Hall–Kier alpha value is -2.05. The number of benzene rings is 1. The van der Waals surface area contributed by atoms with Crippen molar-refractivity contribution in [1.29, 1.82) is 0 Å².